The van der Waals surface area contributed by atoms with E-state index in [1.54, 1.807) is 24.3 Å². The lowest BCUT2D eigenvalue weighted by molar-refractivity contribution is -0.176. The van der Waals surface area contributed by atoms with E-state index in [0.29, 0.717) is 0 Å². The van der Waals surface area contributed by atoms with E-state index in [-0.39, 0.29) is 0 Å². The van der Waals surface area contributed by atoms with Gasteiger partial charge in [-0.2, -0.15) is 10.0 Å². The summed E-state index contributed by atoms with van der Waals surface area (Å²) in [6, 6.07) is 0. The van der Waals surface area contributed by atoms with Crippen molar-refractivity contribution in [2.45, 2.75) is 24.4 Å². The molecule has 122 valence electrons. The average Bonchev–Trinajstić information content (AvgIpc) is 3.36. The van der Waals surface area contributed by atoms with Crippen LogP contribution in [0.1, 0.15) is 0 Å². The minimum Gasteiger partial charge on any atom is -0.365 e. The van der Waals surface area contributed by atoms with E-state index in [1.807, 2.05) is 0 Å². The second kappa shape index (κ2) is 3.84. The number of carbonyl (C=O) groups excluding carboxylic acids is 4. The van der Waals surface area contributed by atoms with Crippen LogP contribution in [0.5, 0.6) is 0 Å². The number of rotatable bonds is 1. The molecule has 0 spiro atoms. The van der Waals surface area contributed by atoms with Crippen LogP contribution in [0.3, 0.4) is 0 Å². The summed E-state index contributed by atoms with van der Waals surface area (Å²) in [6.45, 7) is 0. The average molecular weight is 328 g/mol. The van der Waals surface area contributed by atoms with E-state index in [2.05, 4.69) is 0 Å². The molecule has 4 saturated heterocycles. The smallest absolute Gasteiger partial charge is 0.255 e. The van der Waals surface area contributed by atoms with Gasteiger partial charge in [-0.1, -0.05) is 24.3 Å². The Morgan fingerprint density at radius 3 is 1.04 bits per heavy atom. The van der Waals surface area contributed by atoms with E-state index in [0.717, 1.165) is 10.0 Å². The van der Waals surface area contributed by atoms with Crippen LogP contribution >= 0.6 is 0 Å². The summed E-state index contributed by atoms with van der Waals surface area (Å²) in [4.78, 5) is 51.0. The topological polar surface area (TPSA) is 93.2 Å². The summed E-state index contributed by atoms with van der Waals surface area (Å²) in [5.74, 6) is -4.65. The zero-order chi connectivity index (χ0) is 16.3. The van der Waals surface area contributed by atoms with Gasteiger partial charge < -0.3 is 9.47 Å². The van der Waals surface area contributed by atoms with Crippen molar-refractivity contribution in [2.24, 2.45) is 23.7 Å². The van der Waals surface area contributed by atoms with Crippen LogP contribution in [-0.4, -0.2) is 58.1 Å². The van der Waals surface area contributed by atoms with E-state index in [9.17, 15) is 19.2 Å². The van der Waals surface area contributed by atoms with Crippen LogP contribution in [0.25, 0.3) is 0 Å². The summed E-state index contributed by atoms with van der Waals surface area (Å²) in [5.41, 5.74) is 0. The van der Waals surface area contributed by atoms with Crippen LogP contribution in [0, 0.1) is 23.7 Å². The van der Waals surface area contributed by atoms with Crippen LogP contribution in [0.15, 0.2) is 24.3 Å². The predicted octanol–water partition coefficient (Wildman–Crippen LogP) is -1.22. The van der Waals surface area contributed by atoms with E-state index < -0.39 is 71.7 Å². The first kappa shape index (κ1) is 13.0. The number of nitrogens with zero attached hydrogens (tertiary/aromatic N) is 2. The van der Waals surface area contributed by atoms with Gasteiger partial charge in [0.1, 0.15) is 0 Å². The minimum atomic E-state index is -0.639. The van der Waals surface area contributed by atoms with Gasteiger partial charge in [0.05, 0.1) is 48.1 Å². The molecule has 0 aromatic heterocycles. The maximum Gasteiger partial charge on any atom is 0.255 e. The fourth-order valence-electron chi connectivity index (χ4n) is 4.97. The molecule has 4 bridgehead atoms. The number of carbonyl (C=O) groups is 4. The number of hydrazine groups is 1. The molecule has 6 aliphatic heterocycles. The normalized spacial score (nSPS) is 50.0. The second-order valence-electron chi connectivity index (χ2n) is 6.98. The molecule has 6 aliphatic rings. The molecule has 0 aromatic carbocycles. The van der Waals surface area contributed by atoms with Crippen molar-refractivity contribution in [3.8, 4) is 0 Å². The van der Waals surface area contributed by atoms with Gasteiger partial charge >= 0.3 is 0 Å². The van der Waals surface area contributed by atoms with E-state index in [4.69, 9.17) is 9.47 Å². The molecular formula is C16H12N2O6. The summed E-state index contributed by atoms with van der Waals surface area (Å²) < 4.78 is 11.1. The number of fused-ring (bicyclic) bond motifs is 10. The van der Waals surface area contributed by atoms with E-state index in [1.165, 1.54) is 0 Å². The maximum atomic E-state index is 12.8. The highest BCUT2D eigenvalue weighted by Gasteiger charge is 2.68. The minimum absolute atomic E-state index is 0.449. The van der Waals surface area contributed by atoms with Gasteiger partial charge in [-0.15, -0.1) is 0 Å². The highest BCUT2D eigenvalue weighted by molar-refractivity contribution is 6.14. The molecule has 6 rings (SSSR count). The number of ether oxygens (including phenoxy) is 2. The lowest BCUT2D eigenvalue weighted by Gasteiger charge is -2.26. The molecule has 8 atom stereocenters. The lowest BCUT2D eigenvalue weighted by atomic mass is 9.85. The van der Waals surface area contributed by atoms with Crippen molar-refractivity contribution in [3.05, 3.63) is 24.3 Å². The molecule has 8 heteroatoms. The molecular weight excluding hydrogens is 316 g/mol. The number of hydrogen-bond donors (Lipinski definition) is 0. The van der Waals surface area contributed by atoms with Gasteiger partial charge in [-0.25, -0.2) is 0 Å². The quantitative estimate of drug-likeness (QED) is 0.442. The molecule has 4 fully saturated rings. The first-order valence-corrected chi connectivity index (χ1v) is 8.01. The number of amides is 4. The van der Waals surface area contributed by atoms with Crippen molar-refractivity contribution in [2.75, 3.05) is 0 Å². The third-order valence-corrected chi connectivity index (χ3v) is 5.97. The van der Waals surface area contributed by atoms with Crippen molar-refractivity contribution in [1.82, 2.24) is 10.0 Å². The van der Waals surface area contributed by atoms with Crippen molar-refractivity contribution >= 4 is 23.6 Å². The number of hydrogen-bond acceptors (Lipinski definition) is 6. The van der Waals surface area contributed by atoms with Gasteiger partial charge in [0, 0.05) is 0 Å². The summed E-state index contributed by atoms with van der Waals surface area (Å²) in [7, 11) is 0. The van der Waals surface area contributed by atoms with Gasteiger partial charge in [-0.05, 0) is 0 Å². The molecule has 24 heavy (non-hydrogen) atoms. The van der Waals surface area contributed by atoms with Crippen molar-refractivity contribution in [3.63, 3.8) is 0 Å². The summed E-state index contributed by atoms with van der Waals surface area (Å²) >= 11 is 0. The van der Waals surface area contributed by atoms with Crippen LogP contribution in [0.2, 0.25) is 0 Å². The van der Waals surface area contributed by atoms with Gasteiger partial charge in [0.2, 0.25) is 0 Å². The highest BCUT2D eigenvalue weighted by Crippen LogP contribution is 2.49. The monoisotopic (exact) mass is 328 g/mol. The van der Waals surface area contributed by atoms with E-state index >= 15 is 0 Å². The van der Waals surface area contributed by atoms with Crippen LogP contribution in [-0.2, 0) is 28.7 Å². The molecule has 0 aliphatic carbocycles. The van der Waals surface area contributed by atoms with Crippen molar-refractivity contribution in [1.29, 1.82) is 0 Å². The number of imide groups is 2. The lowest BCUT2D eigenvalue weighted by Crippen LogP contribution is -2.52. The molecule has 0 unspecified atom stereocenters. The zero-order valence-corrected chi connectivity index (χ0v) is 12.3. The largest absolute Gasteiger partial charge is 0.365 e. The first-order chi connectivity index (χ1) is 11.6. The molecule has 0 saturated carbocycles. The third kappa shape index (κ3) is 1.20. The molecule has 0 N–H and O–H groups in total. The third-order valence-electron chi connectivity index (χ3n) is 5.97. The molecule has 8 nitrogen and oxygen atoms in total. The fourth-order valence-corrected chi connectivity index (χ4v) is 4.97. The first-order valence-electron chi connectivity index (χ1n) is 8.01. The Labute approximate surface area is 135 Å². The Bertz CT molecular complexity index is 676. The Hall–Kier alpha value is -2.32. The Morgan fingerprint density at radius 1 is 0.542 bits per heavy atom. The van der Waals surface area contributed by atoms with Gasteiger partial charge in [0.25, 0.3) is 23.6 Å². The molecule has 6 heterocycles. The Balaban J connectivity index is 1.39. The standard InChI is InChI=1S/C16H12N2O6/c19-13-9-5-1-2-6(23-5)10(9)14(20)17(13)18-15(21)11-7-3-4-8(24-7)12(11)16(18)22/h1-12H/t5-,6-,7-,8+,9-,10+,11-,12+/m0/s1. The van der Waals surface area contributed by atoms with Crippen molar-refractivity contribution < 1.29 is 28.7 Å². The fraction of sp³-hybridized carbons (Fsp3) is 0.500. The van der Waals surface area contributed by atoms with Crippen LogP contribution in [0.4, 0.5) is 0 Å². The Kier molecular flexibility index (Phi) is 2.08. The SMILES string of the molecule is O=C1[C@@H]2[C@H](C(=O)N1N1C(=O)[C@@H]3[C@H](C1=O)[C@H]1C=C[C@@H]3O1)[C@@H]1C=C[C@@H]2O1. The van der Waals surface area contributed by atoms with Gasteiger partial charge in [-0.3, -0.25) is 19.2 Å². The zero-order valence-electron chi connectivity index (χ0n) is 12.3. The molecule has 4 amide bonds. The molecule has 0 radical (unpaired) electrons. The highest BCUT2D eigenvalue weighted by atomic mass is 16.5. The summed E-state index contributed by atoms with van der Waals surface area (Å²) in [5, 5.41) is 1.54. The maximum absolute atomic E-state index is 12.8. The second-order valence-corrected chi connectivity index (χ2v) is 6.98. The predicted molar refractivity (Wildman–Crippen MR) is 73.3 cm³/mol. The molecule has 0 aromatic rings. The Morgan fingerprint density at radius 2 is 0.792 bits per heavy atom. The van der Waals surface area contributed by atoms with Crippen LogP contribution < -0.4 is 0 Å². The summed E-state index contributed by atoms with van der Waals surface area (Å²) in [6.07, 6.45) is 5.26. The van der Waals surface area contributed by atoms with Gasteiger partial charge in [0.15, 0.2) is 0 Å².